The van der Waals surface area contributed by atoms with E-state index in [1.807, 2.05) is 0 Å². The van der Waals surface area contributed by atoms with Gasteiger partial charge < -0.3 is 19.3 Å². The number of benzene rings is 1. The van der Waals surface area contributed by atoms with Gasteiger partial charge in [-0.25, -0.2) is 0 Å². The van der Waals surface area contributed by atoms with Crippen molar-refractivity contribution in [1.29, 1.82) is 5.26 Å². The van der Waals surface area contributed by atoms with Crippen LogP contribution in [0.3, 0.4) is 0 Å². The standard InChI is InChI=1S/C16H21NO4/c1-19-11-8-12(20-2)14(13(9-11)21-3)15(18)16(10-17)6-4-5-7-16/h8-9,15,18H,4-7H2,1-3H3. The molecule has 1 N–H and O–H groups in total. The zero-order valence-corrected chi connectivity index (χ0v) is 12.7. The van der Waals surface area contributed by atoms with Gasteiger partial charge >= 0.3 is 0 Å². The summed E-state index contributed by atoms with van der Waals surface area (Å²) in [7, 11) is 4.61. The lowest BCUT2D eigenvalue weighted by Crippen LogP contribution is -2.25. The van der Waals surface area contributed by atoms with Gasteiger partial charge in [-0.05, 0) is 12.8 Å². The maximum atomic E-state index is 10.8. The quantitative estimate of drug-likeness (QED) is 0.903. The van der Waals surface area contributed by atoms with Gasteiger partial charge in [0, 0.05) is 12.1 Å². The van der Waals surface area contributed by atoms with Gasteiger partial charge in [0.05, 0.1) is 38.4 Å². The second-order valence-electron chi connectivity index (χ2n) is 5.32. The van der Waals surface area contributed by atoms with Crippen molar-refractivity contribution < 1.29 is 19.3 Å². The predicted molar refractivity (Wildman–Crippen MR) is 77.6 cm³/mol. The van der Waals surface area contributed by atoms with E-state index in [2.05, 4.69) is 6.07 Å². The molecule has 1 aromatic carbocycles. The van der Waals surface area contributed by atoms with Crippen LogP contribution in [0.2, 0.25) is 0 Å². The van der Waals surface area contributed by atoms with Crippen LogP contribution in [0.5, 0.6) is 17.2 Å². The number of aliphatic hydroxyl groups is 1. The van der Waals surface area contributed by atoms with Crippen LogP contribution < -0.4 is 14.2 Å². The van der Waals surface area contributed by atoms with Crippen molar-refractivity contribution in [3.8, 4) is 23.3 Å². The first-order chi connectivity index (χ1) is 10.1. The van der Waals surface area contributed by atoms with Crippen molar-refractivity contribution in [1.82, 2.24) is 0 Å². The van der Waals surface area contributed by atoms with E-state index in [9.17, 15) is 10.4 Å². The second kappa shape index (κ2) is 6.23. The highest BCUT2D eigenvalue weighted by atomic mass is 16.5. The molecule has 0 aromatic heterocycles. The van der Waals surface area contributed by atoms with Crippen LogP contribution in [0.4, 0.5) is 0 Å². The minimum atomic E-state index is -0.944. The molecular formula is C16H21NO4. The van der Waals surface area contributed by atoms with Crippen LogP contribution in [0.15, 0.2) is 12.1 Å². The van der Waals surface area contributed by atoms with Crippen LogP contribution in [0, 0.1) is 16.7 Å². The Labute approximate surface area is 125 Å². The van der Waals surface area contributed by atoms with Gasteiger partial charge in [0.15, 0.2) is 0 Å². The monoisotopic (exact) mass is 291 g/mol. The molecule has 2 rings (SSSR count). The number of ether oxygens (including phenoxy) is 3. The van der Waals surface area contributed by atoms with E-state index >= 15 is 0 Å². The molecule has 0 saturated heterocycles. The lowest BCUT2D eigenvalue weighted by Gasteiger charge is -2.29. The summed E-state index contributed by atoms with van der Waals surface area (Å²) >= 11 is 0. The van der Waals surface area contributed by atoms with Gasteiger partial charge in [0.2, 0.25) is 0 Å². The summed E-state index contributed by atoms with van der Waals surface area (Å²) in [5.41, 5.74) is -0.251. The summed E-state index contributed by atoms with van der Waals surface area (Å²) in [6.07, 6.45) is 2.32. The third-order valence-electron chi connectivity index (χ3n) is 4.27. The van der Waals surface area contributed by atoms with Crippen molar-refractivity contribution in [3.05, 3.63) is 17.7 Å². The molecule has 0 heterocycles. The van der Waals surface area contributed by atoms with Crippen LogP contribution >= 0.6 is 0 Å². The van der Waals surface area contributed by atoms with Crippen molar-refractivity contribution >= 4 is 0 Å². The number of hydrogen-bond acceptors (Lipinski definition) is 5. The molecule has 1 fully saturated rings. The highest BCUT2D eigenvalue weighted by Gasteiger charge is 2.44. The number of rotatable bonds is 5. The first kappa shape index (κ1) is 15.5. The van der Waals surface area contributed by atoms with Crippen molar-refractivity contribution in [2.24, 2.45) is 5.41 Å². The van der Waals surface area contributed by atoms with E-state index in [0.717, 1.165) is 12.8 Å². The lowest BCUT2D eigenvalue weighted by atomic mass is 9.78. The number of methoxy groups -OCH3 is 3. The average Bonchev–Trinajstić information content (AvgIpc) is 3.02. The molecule has 1 saturated carbocycles. The van der Waals surface area contributed by atoms with Crippen LogP contribution in [-0.2, 0) is 0 Å². The maximum Gasteiger partial charge on any atom is 0.132 e. The Hall–Kier alpha value is -1.93. The first-order valence-electron chi connectivity index (χ1n) is 7.01. The molecule has 1 aliphatic rings. The Bertz CT molecular complexity index is 519. The smallest absolute Gasteiger partial charge is 0.132 e. The summed E-state index contributed by atoms with van der Waals surface area (Å²) in [6, 6.07) is 5.71. The molecule has 1 atom stereocenters. The molecule has 0 radical (unpaired) electrons. The Balaban J connectivity index is 2.54. The number of hydrogen-bond donors (Lipinski definition) is 1. The summed E-state index contributed by atoms with van der Waals surface area (Å²) < 4.78 is 15.9. The fourth-order valence-electron chi connectivity index (χ4n) is 3.03. The third-order valence-corrected chi connectivity index (χ3v) is 4.27. The summed E-state index contributed by atoms with van der Waals surface area (Å²) in [6.45, 7) is 0. The van der Waals surface area contributed by atoms with Crippen LogP contribution in [-0.4, -0.2) is 26.4 Å². The Morgan fingerprint density at radius 2 is 1.62 bits per heavy atom. The molecule has 114 valence electrons. The number of aliphatic hydroxyl groups excluding tert-OH is 1. The highest BCUT2D eigenvalue weighted by molar-refractivity contribution is 5.53. The summed E-state index contributed by atoms with van der Waals surface area (Å²) in [5.74, 6) is 1.53. The van der Waals surface area contributed by atoms with E-state index in [4.69, 9.17) is 14.2 Å². The minimum absolute atomic E-state index is 0.472. The molecular weight excluding hydrogens is 270 g/mol. The molecule has 0 bridgehead atoms. The van der Waals surface area contributed by atoms with Gasteiger partial charge in [0.25, 0.3) is 0 Å². The van der Waals surface area contributed by atoms with E-state index in [0.29, 0.717) is 35.7 Å². The highest BCUT2D eigenvalue weighted by Crippen LogP contribution is 2.51. The van der Waals surface area contributed by atoms with Crippen molar-refractivity contribution in [3.63, 3.8) is 0 Å². The van der Waals surface area contributed by atoms with E-state index in [1.54, 1.807) is 19.2 Å². The molecule has 1 unspecified atom stereocenters. The summed E-state index contributed by atoms with van der Waals surface area (Å²) in [5, 5.41) is 20.4. The maximum absolute atomic E-state index is 10.8. The van der Waals surface area contributed by atoms with Gasteiger partial charge in [-0.1, -0.05) is 12.8 Å². The second-order valence-corrected chi connectivity index (χ2v) is 5.32. The molecule has 21 heavy (non-hydrogen) atoms. The van der Waals surface area contributed by atoms with Crippen LogP contribution in [0.1, 0.15) is 37.4 Å². The number of nitrogens with zero attached hydrogens (tertiary/aromatic N) is 1. The molecule has 5 heteroatoms. The molecule has 0 spiro atoms. The average molecular weight is 291 g/mol. The molecule has 5 nitrogen and oxygen atoms in total. The van der Waals surface area contributed by atoms with Gasteiger partial charge in [-0.15, -0.1) is 0 Å². The lowest BCUT2D eigenvalue weighted by molar-refractivity contribution is 0.0623. The molecule has 1 aromatic rings. The Morgan fingerprint density at radius 3 is 2.00 bits per heavy atom. The zero-order chi connectivity index (χ0) is 15.5. The third kappa shape index (κ3) is 2.64. The topological polar surface area (TPSA) is 71.7 Å². The Kier molecular flexibility index (Phi) is 4.59. The summed E-state index contributed by atoms with van der Waals surface area (Å²) in [4.78, 5) is 0. The largest absolute Gasteiger partial charge is 0.496 e. The predicted octanol–water partition coefficient (Wildman–Crippen LogP) is 2.83. The molecule has 0 amide bonds. The van der Waals surface area contributed by atoms with Gasteiger partial charge in [-0.3, -0.25) is 0 Å². The van der Waals surface area contributed by atoms with Gasteiger partial charge in [-0.2, -0.15) is 5.26 Å². The normalized spacial score (nSPS) is 17.9. The van der Waals surface area contributed by atoms with Gasteiger partial charge in [0.1, 0.15) is 23.4 Å². The molecule has 1 aliphatic carbocycles. The van der Waals surface area contributed by atoms with E-state index < -0.39 is 11.5 Å². The van der Waals surface area contributed by atoms with Crippen molar-refractivity contribution in [2.75, 3.05) is 21.3 Å². The Morgan fingerprint density at radius 1 is 1.10 bits per heavy atom. The van der Waals surface area contributed by atoms with E-state index in [-0.39, 0.29) is 0 Å². The fourth-order valence-corrected chi connectivity index (χ4v) is 3.03. The van der Waals surface area contributed by atoms with Crippen LogP contribution in [0.25, 0.3) is 0 Å². The minimum Gasteiger partial charge on any atom is -0.496 e. The van der Waals surface area contributed by atoms with E-state index in [1.165, 1.54) is 14.2 Å². The first-order valence-corrected chi connectivity index (χ1v) is 7.01. The molecule has 0 aliphatic heterocycles. The number of nitriles is 1. The van der Waals surface area contributed by atoms with Crippen molar-refractivity contribution in [2.45, 2.75) is 31.8 Å². The fraction of sp³-hybridized carbons (Fsp3) is 0.562. The zero-order valence-electron chi connectivity index (χ0n) is 12.7. The SMILES string of the molecule is COc1cc(OC)c(C(O)C2(C#N)CCCC2)c(OC)c1.